The molecule has 1 aliphatic rings. The highest BCUT2D eigenvalue weighted by molar-refractivity contribution is 5.94. The van der Waals surface area contributed by atoms with Crippen LogP contribution >= 0.6 is 0 Å². The van der Waals surface area contributed by atoms with E-state index in [4.69, 9.17) is 0 Å². The van der Waals surface area contributed by atoms with Crippen molar-refractivity contribution in [3.63, 3.8) is 0 Å². The monoisotopic (exact) mass is 392 g/mol. The Kier molecular flexibility index (Phi) is 5.20. The minimum Gasteiger partial charge on any atom is -0.339 e. The second kappa shape index (κ2) is 7.95. The predicted molar refractivity (Wildman–Crippen MR) is 111 cm³/mol. The molecule has 2 amide bonds. The molecular formula is C22H24N4O3. The Balaban J connectivity index is 1.36. The summed E-state index contributed by atoms with van der Waals surface area (Å²) in [7, 11) is 1.74. The average molecular weight is 392 g/mol. The van der Waals surface area contributed by atoms with Crippen LogP contribution in [0.3, 0.4) is 0 Å². The Morgan fingerprint density at radius 3 is 2.10 bits per heavy atom. The Bertz CT molecular complexity index is 1090. The molecule has 0 bridgehead atoms. The van der Waals surface area contributed by atoms with Gasteiger partial charge in [0.25, 0.3) is 5.91 Å². The number of hydrogen-bond donors (Lipinski definition) is 0. The quantitative estimate of drug-likeness (QED) is 0.679. The van der Waals surface area contributed by atoms with Gasteiger partial charge in [-0.3, -0.25) is 18.7 Å². The summed E-state index contributed by atoms with van der Waals surface area (Å²) in [6, 6.07) is 16.8. The fourth-order valence-electron chi connectivity index (χ4n) is 3.87. The van der Waals surface area contributed by atoms with Gasteiger partial charge in [0.05, 0.1) is 11.0 Å². The van der Waals surface area contributed by atoms with Crippen LogP contribution < -0.4 is 5.69 Å². The zero-order chi connectivity index (χ0) is 20.4. The van der Waals surface area contributed by atoms with E-state index in [1.165, 1.54) is 0 Å². The largest absolute Gasteiger partial charge is 0.339 e. The Hall–Kier alpha value is -3.35. The van der Waals surface area contributed by atoms with Crippen molar-refractivity contribution in [2.45, 2.75) is 13.0 Å². The molecule has 0 saturated carbocycles. The molecule has 0 unspecified atom stereocenters. The zero-order valence-corrected chi connectivity index (χ0v) is 16.5. The first-order chi connectivity index (χ1) is 14.1. The first-order valence-electron chi connectivity index (χ1n) is 9.82. The molecule has 0 aliphatic carbocycles. The molecule has 7 heteroatoms. The van der Waals surface area contributed by atoms with Gasteiger partial charge in [0.1, 0.15) is 0 Å². The van der Waals surface area contributed by atoms with Crippen LogP contribution in [0.2, 0.25) is 0 Å². The van der Waals surface area contributed by atoms with Crippen LogP contribution in [0.1, 0.15) is 16.8 Å². The maximum absolute atomic E-state index is 12.7. The topological polar surface area (TPSA) is 67.6 Å². The molecule has 1 aromatic heterocycles. The van der Waals surface area contributed by atoms with Gasteiger partial charge in [0, 0.05) is 51.8 Å². The summed E-state index contributed by atoms with van der Waals surface area (Å²) >= 11 is 0. The van der Waals surface area contributed by atoms with Gasteiger partial charge in [-0.25, -0.2) is 4.79 Å². The van der Waals surface area contributed by atoms with E-state index in [9.17, 15) is 14.4 Å². The molecule has 0 atom stereocenters. The van der Waals surface area contributed by atoms with Crippen molar-refractivity contribution in [2.75, 3.05) is 26.2 Å². The Morgan fingerprint density at radius 1 is 0.828 bits per heavy atom. The number of amides is 2. The van der Waals surface area contributed by atoms with E-state index in [2.05, 4.69) is 0 Å². The first-order valence-corrected chi connectivity index (χ1v) is 9.82. The number of aryl methyl sites for hydroxylation is 2. The SMILES string of the molecule is Cn1c(=O)n(CCC(=O)N2CCN(C(=O)c3ccccc3)CC2)c2ccccc21. The highest BCUT2D eigenvalue weighted by atomic mass is 16.2. The van der Waals surface area contributed by atoms with Crippen molar-refractivity contribution in [3.05, 3.63) is 70.6 Å². The summed E-state index contributed by atoms with van der Waals surface area (Å²) in [5, 5.41) is 0. The number of carbonyl (C=O) groups is 2. The maximum atomic E-state index is 12.7. The fourth-order valence-corrected chi connectivity index (χ4v) is 3.87. The number of rotatable bonds is 4. The van der Waals surface area contributed by atoms with Crippen molar-refractivity contribution in [1.29, 1.82) is 0 Å². The molecule has 3 aromatic rings. The molecule has 150 valence electrons. The third kappa shape index (κ3) is 3.68. The van der Waals surface area contributed by atoms with E-state index in [1.807, 2.05) is 54.6 Å². The van der Waals surface area contributed by atoms with Crippen molar-refractivity contribution in [1.82, 2.24) is 18.9 Å². The summed E-state index contributed by atoms with van der Waals surface area (Å²) in [6.45, 7) is 2.42. The van der Waals surface area contributed by atoms with Gasteiger partial charge >= 0.3 is 5.69 Å². The second-order valence-electron chi connectivity index (χ2n) is 7.27. The number of piperazine rings is 1. The van der Waals surface area contributed by atoms with Crippen LogP contribution in [0.15, 0.2) is 59.4 Å². The number of benzene rings is 2. The van der Waals surface area contributed by atoms with E-state index in [0.717, 1.165) is 11.0 Å². The van der Waals surface area contributed by atoms with Gasteiger partial charge in [-0.1, -0.05) is 30.3 Å². The highest BCUT2D eigenvalue weighted by Gasteiger charge is 2.25. The summed E-state index contributed by atoms with van der Waals surface area (Å²) in [6.07, 6.45) is 0.264. The molecule has 1 saturated heterocycles. The maximum Gasteiger partial charge on any atom is 0.328 e. The van der Waals surface area contributed by atoms with Gasteiger partial charge in [0.2, 0.25) is 5.91 Å². The van der Waals surface area contributed by atoms with Crippen molar-refractivity contribution in [3.8, 4) is 0 Å². The van der Waals surface area contributed by atoms with Crippen LogP contribution in [0.25, 0.3) is 11.0 Å². The lowest BCUT2D eigenvalue weighted by Crippen LogP contribution is -2.50. The molecule has 2 aromatic carbocycles. The molecule has 29 heavy (non-hydrogen) atoms. The van der Waals surface area contributed by atoms with Crippen LogP contribution in [0, 0.1) is 0 Å². The number of imidazole rings is 1. The van der Waals surface area contributed by atoms with Gasteiger partial charge in [-0.2, -0.15) is 0 Å². The number of hydrogen-bond acceptors (Lipinski definition) is 3. The summed E-state index contributed by atoms with van der Waals surface area (Å²) in [5.74, 6) is 0.0108. The molecule has 2 heterocycles. The predicted octanol–water partition coefficient (Wildman–Crippen LogP) is 1.71. The van der Waals surface area contributed by atoms with Crippen molar-refractivity contribution in [2.24, 2.45) is 7.05 Å². The Morgan fingerprint density at radius 2 is 1.41 bits per heavy atom. The number of nitrogens with zero attached hydrogens (tertiary/aromatic N) is 4. The summed E-state index contributed by atoms with van der Waals surface area (Å²) in [5.41, 5.74) is 2.25. The van der Waals surface area contributed by atoms with E-state index in [0.29, 0.717) is 38.3 Å². The van der Waals surface area contributed by atoms with Crippen LogP contribution in [-0.4, -0.2) is 56.9 Å². The minimum absolute atomic E-state index is 0.00000612. The van der Waals surface area contributed by atoms with E-state index in [1.54, 1.807) is 26.0 Å². The van der Waals surface area contributed by atoms with E-state index < -0.39 is 0 Å². The molecule has 0 N–H and O–H groups in total. The standard InChI is InChI=1S/C22H24N4O3/c1-23-18-9-5-6-10-19(18)26(22(23)29)12-11-20(27)24-13-15-25(16-14-24)21(28)17-7-3-2-4-8-17/h2-10H,11-16H2,1H3. The van der Waals surface area contributed by atoms with E-state index in [-0.39, 0.29) is 23.9 Å². The summed E-state index contributed by atoms with van der Waals surface area (Å²) in [4.78, 5) is 41.3. The first kappa shape index (κ1) is 19.0. The van der Waals surface area contributed by atoms with Gasteiger partial charge in [-0.05, 0) is 24.3 Å². The van der Waals surface area contributed by atoms with Gasteiger partial charge < -0.3 is 9.80 Å². The third-order valence-electron chi connectivity index (χ3n) is 5.54. The second-order valence-corrected chi connectivity index (χ2v) is 7.27. The fraction of sp³-hybridized carbons (Fsp3) is 0.318. The molecule has 4 rings (SSSR count). The third-order valence-corrected chi connectivity index (χ3v) is 5.54. The highest BCUT2D eigenvalue weighted by Crippen LogP contribution is 2.13. The number of carbonyl (C=O) groups excluding carboxylic acids is 2. The van der Waals surface area contributed by atoms with Gasteiger partial charge in [0.15, 0.2) is 0 Å². The minimum atomic E-state index is -0.114. The van der Waals surface area contributed by atoms with Gasteiger partial charge in [-0.15, -0.1) is 0 Å². The smallest absolute Gasteiger partial charge is 0.328 e. The van der Waals surface area contributed by atoms with Crippen LogP contribution in [-0.2, 0) is 18.4 Å². The molecule has 7 nitrogen and oxygen atoms in total. The van der Waals surface area contributed by atoms with Crippen molar-refractivity contribution >= 4 is 22.8 Å². The molecule has 0 spiro atoms. The number of fused-ring (bicyclic) bond motifs is 1. The number of para-hydroxylation sites is 2. The zero-order valence-electron chi connectivity index (χ0n) is 16.5. The Labute approximate surface area is 168 Å². The summed E-state index contributed by atoms with van der Waals surface area (Å²) < 4.78 is 3.26. The lowest BCUT2D eigenvalue weighted by atomic mass is 10.2. The average Bonchev–Trinajstić information content (AvgIpc) is 3.02. The lowest BCUT2D eigenvalue weighted by Gasteiger charge is -2.35. The molecule has 1 fully saturated rings. The molecule has 0 radical (unpaired) electrons. The number of aromatic nitrogens is 2. The van der Waals surface area contributed by atoms with E-state index >= 15 is 0 Å². The lowest BCUT2D eigenvalue weighted by molar-refractivity contribution is -0.132. The van der Waals surface area contributed by atoms with Crippen LogP contribution in [0.5, 0.6) is 0 Å². The normalized spacial score (nSPS) is 14.4. The molecule has 1 aliphatic heterocycles. The van der Waals surface area contributed by atoms with Crippen molar-refractivity contribution < 1.29 is 9.59 Å². The molecular weight excluding hydrogens is 368 g/mol. The van der Waals surface area contributed by atoms with Crippen LogP contribution in [0.4, 0.5) is 0 Å².